The van der Waals surface area contributed by atoms with Crippen molar-refractivity contribution in [2.45, 2.75) is 40.2 Å². The van der Waals surface area contributed by atoms with Crippen LogP contribution in [0.1, 0.15) is 40.9 Å². The van der Waals surface area contributed by atoms with Gasteiger partial charge in [0, 0.05) is 12.1 Å². The van der Waals surface area contributed by atoms with E-state index < -0.39 is 6.04 Å². The van der Waals surface area contributed by atoms with Crippen LogP contribution in [0.5, 0.6) is 5.75 Å². The molecule has 2 aromatic carbocycles. The molecule has 5 nitrogen and oxygen atoms in total. The number of hydrogen-bond donors (Lipinski definition) is 2. The van der Waals surface area contributed by atoms with Gasteiger partial charge in [-0.1, -0.05) is 49.7 Å². The SMILES string of the molecule is COc1ccc(C)cc1CCNC(=O)C(NC(=O)c1ccccc1C)C(C)C. The fourth-order valence-electron chi connectivity index (χ4n) is 3.11. The molecule has 2 rings (SSSR count). The van der Waals surface area contributed by atoms with E-state index in [4.69, 9.17) is 4.74 Å². The summed E-state index contributed by atoms with van der Waals surface area (Å²) in [6, 6.07) is 12.8. The van der Waals surface area contributed by atoms with E-state index in [1.807, 2.05) is 58.0 Å². The Kier molecular flexibility index (Phi) is 7.61. The molecule has 0 radical (unpaired) electrons. The Bertz CT molecular complexity index is 830. The molecule has 0 saturated carbocycles. The highest BCUT2D eigenvalue weighted by atomic mass is 16.5. The molecule has 0 aliphatic heterocycles. The van der Waals surface area contributed by atoms with Crippen LogP contribution in [-0.2, 0) is 11.2 Å². The molecule has 2 amide bonds. The van der Waals surface area contributed by atoms with Gasteiger partial charge in [-0.25, -0.2) is 0 Å². The van der Waals surface area contributed by atoms with Crippen LogP contribution in [0.15, 0.2) is 42.5 Å². The maximum Gasteiger partial charge on any atom is 0.252 e. The molecule has 150 valence electrons. The molecule has 1 atom stereocenters. The molecule has 28 heavy (non-hydrogen) atoms. The van der Waals surface area contributed by atoms with Gasteiger partial charge in [0.25, 0.3) is 5.91 Å². The lowest BCUT2D eigenvalue weighted by Gasteiger charge is -2.22. The van der Waals surface area contributed by atoms with E-state index >= 15 is 0 Å². The Morgan fingerprint density at radius 1 is 1.07 bits per heavy atom. The first-order chi connectivity index (χ1) is 13.3. The molecule has 0 fully saturated rings. The Labute approximate surface area is 167 Å². The van der Waals surface area contributed by atoms with Gasteiger partial charge in [0.2, 0.25) is 5.91 Å². The van der Waals surface area contributed by atoms with Crippen LogP contribution in [0.3, 0.4) is 0 Å². The van der Waals surface area contributed by atoms with Gasteiger partial charge in [-0.2, -0.15) is 0 Å². The summed E-state index contributed by atoms with van der Waals surface area (Å²) < 4.78 is 5.39. The molecule has 5 heteroatoms. The van der Waals surface area contributed by atoms with Crippen molar-refractivity contribution in [2.24, 2.45) is 5.92 Å². The molecular weight excluding hydrogens is 352 g/mol. The molecule has 0 bridgehead atoms. The van der Waals surface area contributed by atoms with Crippen molar-refractivity contribution in [3.8, 4) is 5.75 Å². The second kappa shape index (κ2) is 9.93. The van der Waals surface area contributed by atoms with Crippen molar-refractivity contribution in [1.29, 1.82) is 0 Å². The van der Waals surface area contributed by atoms with Gasteiger partial charge in [0.15, 0.2) is 0 Å². The third kappa shape index (κ3) is 5.59. The van der Waals surface area contributed by atoms with Crippen LogP contribution >= 0.6 is 0 Å². The normalized spacial score (nSPS) is 11.8. The monoisotopic (exact) mass is 382 g/mol. The summed E-state index contributed by atoms with van der Waals surface area (Å²) in [5.74, 6) is 0.380. The van der Waals surface area contributed by atoms with Gasteiger partial charge < -0.3 is 15.4 Å². The Hall–Kier alpha value is -2.82. The minimum Gasteiger partial charge on any atom is -0.496 e. The van der Waals surface area contributed by atoms with E-state index in [0.29, 0.717) is 18.5 Å². The second-order valence-corrected chi connectivity index (χ2v) is 7.37. The highest BCUT2D eigenvalue weighted by Crippen LogP contribution is 2.19. The number of carbonyl (C=O) groups excluding carboxylic acids is 2. The molecule has 2 N–H and O–H groups in total. The molecule has 0 aliphatic rings. The number of nitrogens with one attached hydrogen (secondary N) is 2. The first kappa shape index (κ1) is 21.5. The first-order valence-electron chi connectivity index (χ1n) is 9.61. The molecule has 2 aromatic rings. The van der Waals surface area contributed by atoms with Gasteiger partial charge in [-0.3, -0.25) is 9.59 Å². The molecule has 0 spiro atoms. The second-order valence-electron chi connectivity index (χ2n) is 7.37. The summed E-state index contributed by atoms with van der Waals surface area (Å²) >= 11 is 0. The largest absolute Gasteiger partial charge is 0.496 e. The number of benzene rings is 2. The zero-order valence-corrected chi connectivity index (χ0v) is 17.3. The highest BCUT2D eigenvalue weighted by molar-refractivity contribution is 5.98. The number of amides is 2. The average Bonchev–Trinajstić information content (AvgIpc) is 2.66. The molecule has 0 aromatic heterocycles. The topological polar surface area (TPSA) is 67.4 Å². The molecule has 1 unspecified atom stereocenters. The van der Waals surface area contributed by atoms with E-state index in [1.165, 1.54) is 0 Å². The number of carbonyl (C=O) groups is 2. The molecule has 0 aliphatic carbocycles. The zero-order chi connectivity index (χ0) is 20.7. The maximum absolute atomic E-state index is 12.7. The number of rotatable bonds is 8. The van der Waals surface area contributed by atoms with Crippen molar-refractivity contribution < 1.29 is 14.3 Å². The summed E-state index contributed by atoms with van der Waals surface area (Å²) in [5, 5.41) is 5.82. The Morgan fingerprint density at radius 2 is 1.79 bits per heavy atom. The van der Waals surface area contributed by atoms with Crippen LogP contribution in [0, 0.1) is 19.8 Å². The van der Waals surface area contributed by atoms with Gasteiger partial charge in [0.1, 0.15) is 11.8 Å². The van der Waals surface area contributed by atoms with Gasteiger partial charge >= 0.3 is 0 Å². The maximum atomic E-state index is 12.7. The smallest absolute Gasteiger partial charge is 0.252 e. The van der Waals surface area contributed by atoms with E-state index in [2.05, 4.69) is 16.7 Å². The lowest BCUT2D eigenvalue weighted by atomic mass is 10.0. The summed E-state index contributed by atoms with van der Waals surface area (Å²) in [6.45, 7) is 8.23. The van der Waals surface area contributed by atoms with E-state index in [1.54, 1.807) is 13.2 Å². The quantitative estimate of drug-likeness (QED) is 0.735. The zero-order valence-electron chi connectivity index (χ0n) is 17.3. The van der Waals surface area contributed by atoms with E-state index in [-0.39, 0.29) is 17.7 Å². The average molecular weight is 383 g/mol. The lowest BCUT2D eigenvalue weighted by Crippen LogP contribution is -2.50. The third-order valence-electron chi connectivity index (χ3n) is 4.75. The Balaban J connectivity index is 1.99. The van der Waals surface area contributed by atoms with Crippen molar-refractivity contribution in [3.63, 3.8) is 0 Å². The van der Waals surface area contributed by atoms with Gasteiger partial charge in [0.05, 0.1) is 7.11 Å². The molecule has 0 heterocycles. The summed E-state index contributed by atoms with van der Waals surface area (Å²) in [4.78, 5) is 25.3. The predicted molar refractivity (Wildman–Crippen MR) is 112 cm³/mol. The minimum absolute atomic E-state index is 0.0264. The number of ether oxygens (including phenoxy) is 1. The van der Waals surface area contributed by atoms with Gasteiger partial charge in [-0.15, -0.1) is 0 Å². The van der Waals surface area contributed by atoms with Crippen molar-refractivity contribution in [2.75, 3.05) is 13.7 Å². The van der Waals surface area contributed by atoms with E-state index in [9.17, 15) is 9.59 Å². The van der Waals surface area contributed by atoms with Crippen LogP contribution in [0.25, 0.3) is 0 Å². The summed E-state index contributed by atoms with van der Waals surface area (Å²) in [6.07, 6.45) is 0.660. The van der Waals surface area contributed by atoms with Crippen LogP contribution in [-0.4, -0.2) is 31.5 Å². The first-order valence-corrected chi connectivity index (χ1v) is 9.61. The van der Waals surface area contributed by atoms with Crippen LogP contribution in [0.2, 0.25) is 0 Å². The fourth-order valence-corrected chi connectivity index (χ4v) is 3.11. The predicted octanol–water partition coefficient (Wildman–Crippen LogP) is 3.43. The summed E-state index contributed by atoms with van der Waals surface area (Å²) in [5.41, 5.74) is 3.67. The number of hydrogen-bond acceptors (Lipinski definition) is 3. The molecular formula is C23H30N2O3. The number of methoxy groups -OCH3 is 1. The summed E-state index contributed by atoms with van der Waals surface area (Å²) in [7, 11) is 1.64. The van der Waals surface area contributed by atoms with Gasteiger partial charge in [-0.05, 0) is 49.4 Å². The van der Waals surface area contributed by atoms with Crippen molar-refractivity contribution in [1.82, 2.24) is 10.6 Å². The van der Waals surface area contributed by atoms with Crippen LogP contribution in [0.4, 0.5) is 0 Å². The van der Waals surface area contributed by atoms with E-state index in [0.717, 1.165) is 22.4 Å². The van der Waals surface area contributed by atoms with Crippen LogP contribution < -0.4 is 15.4 Å². The Morgan fingerprint density at radius 3 is 2.43 bits per heavy atom. The highest BCUT2D eigenvalue weighted by Gasteiger charge is 2.24. The molecule has 0 saturated heterocycles. The standard InChI is InChI=1S/C23H30N2O3/c1-15(2)21(25-22(26)19-9-7-6-8-17(19)4)23(27)24-13-12-18-14-16(3)10-11-20(18)28-5/h6-11,14-15,21H,12-13H2,1-5H3,(H,24,27)(H,25,26). The lowest BCUT2D eigenvalue weighted by molar-refractivity contribution is -0.123. The minimum atomic E-state index is -0.591. The van der Waals surface area contributed by atoms with Crippen molar-refractivity contribution >= 4 is 11.8 Å². The number of aryl methyl sites for hydroxylation is 2. The van der Waals surface area contributed by atoms with Crippen molar-refractivity contribution in [3.05, 3.63) is 64.7 Å². The third-order valence-corrected chi connectivity index (χ3v) is 4.75. The fraction of sp³-hybridized carbons (Fsp3) is 0.391.